The van der Waals surface area contributed by atoms with E-state index in [1.807, 2.05) is 0 Å². The number of halogens is 1. The van der Waals surface area contributed by atoms with Crippen LogP contribution in [0.25, 0.3) is 0 Å². The maximum Gasteiger partial charge on any atom is 0.337 e. The number of aromatic nitrogens is 2. The molecule has 0 unspecified atom stereocenters. The van der Waals surface area contributed by atoms with Crippen LogP contribution in [0.3, 0.4) is 0 Å². The van der Waals surface area contributed by atoms with Crippen molar-refractivity contribution < 1.29 is 19.2 Å². The second-order valence-electron chi connectivity index (χ2n) is 4.25. The van der Waals surface area contributed by atoms with Crippen molar-refractivity contribution in [2.45, 2.75) is 19.8 Å². The van der Waals surface area contributed by atoms with E-state index in [1.165, 1.54) is 6.07 Å². The highest BCUT2D eigenvalue weighted by atomic mass is 79.9. The van der Waals surface area contributed by atoms with Gasteiger partial charge in [-0.2, -0.15) is 4.98 Å². The molecule has 2 N–H and O–H groups in total. The van der Waals surface area contributed by atoms with Gasteiger partial charge in [-0.3, -0.25) is 4.79 Å². The summed E-state index contributed by atoms with van der Waals surface area (Å²) in [5.74, 6) is -0.572. The summed E-state index contributed by atoms with van der Waals surface area (Å²) in [4.78, 5) is 27.0. The lowest BCUT2D eigenvalue weighted by Gasteiger charge is -2.10. The molecular formula is C13H12BrN3O4. The van der Waals surface area contributed by atoms with Crippen molar-refractivity contribution in [2.24, 2.45) is 0 Å². The fraction of sp³-hybridized carbons (Fsp3) is 0.231. The second kappa shape index (κ2) is 6.49. The molecule has 0 radical (unpaired) electrons. The third kappa shape index (κ3) is 3.88. The van der Waals surface area contributed by atoms with Crippen LogP contribution in [0.5, 0.6) is 0 Å². The average Bonchev–Trinajstić information content (AvgIpc) is 2.84. The lowest BCUT2D eigenvalue weighted by molar-refractivity contribution is -0.116. The Morgan fingerprint density at radius 3 is 2.81 bits per heavy atom. The lowest BCUT2D eigenvalue weighted by atomic mass is 10.1. The molecule has 0 fully saturated rings. The van der Waals surface area contributed by atoms with E-state index < -0.39 is 5.97 Å². The number of aromatic carboxylic acids is 1. The van der Waals surface area contributed by atoms with Crippen molar-refractivity contribution >= 4 is 33.5 Å². The largest absolute Gasteiger partial charge is 0.478 e. The number of carboxylic acid groups (broad SMARTS) is 1. The lowest BCUT2D eigenvalue weighted by Crippen LogP contribution is -2.15. The summed E-state index contributed by atoms with van der Waals surface area (Å²) >= 11 is 3.22. The fourth-order valence-electron chi connectivity index (χ4n) is 1.69. The first-order valence-electron chi connectivity index (χ1n) is 6.08. The summed E-state index contributed by atoms with van der Waals surface area (Å²) in [6, 6.07) is 4.66. The SMILES string of the molecule is Cc1noc(CCC(=O)Nc2c(Br)cccc2C(=O)O)n1. The Hall–Kier alpha value is -2.22. The Labute approximate surface area is 128 Å². The highest BCUT2D eigenvalue weighted by Gasteiger charge is 2.15. The van der Waals surface area contributed by atoms with Gasteiger partial charge in [0.05, 0.1) is 11.3 Å². The Bertz CT molecular complexity index is 684. The van der Waals surface area contributed by atoms with Gasteiger partial charge in [0.25, 0.3) is 0 Å². The summed E-state index contributed by atoms with van der Waals surface area (Å²) in [5.41, 5.74) is 0.253. The number of nitrogens with one attached hydrogen (secondary N) is 1. The molecule has 0 saturated carbocycles. The van der Waals surface area contributed by atoms with Crippen molar-refractivity contribution in [1.82, 2.24) is 10.1 Å². The maximum atomic E-state index is 11.9. The molecule has 0 spiro atoms. The molecule has 2 rings (SSSR count). The number of benzene rings is 1. The van der Waals surface area contributed by atoms with E-state index in [4.69, 9.17) is 9.63 Å². The molecule has 21 heavy (non-hydrogen) atoms. The van der Waals surface area contributed by atoms with E-state index in [0.717, 1.165) is 0 Å². The van der Waals surface area contributed by atoms with Crippen molar-refractivity contribution in [3.63, 3.8) is 0 Å². The molecule has 7 nitrogen and oxygen atoms in total. The van der Waals surface area contributed by atoms with Gasteiger partial charge in [-0.15, -0.1) is 0 Å². The van der Waals surface area contributed by atoms with Crippen molar-refractivity contribution in [1.29, 1.82) is 0 Å². The molecule has 110 valence electrons. The minimum Gasteiger partial charge on any atom is -0.478 e. The minimum atomic E-state index is -1.11. The van der Waals surface area contributed by atoms with Crippen molar-refractivity contribution in [2.75, 3.05) is 5.32 Å². The Morgan fingerprint density at radius 1 is 1.43 bits per heavy atom. The average molecular weight is 354 g/mol. The molecule has 1 amide bonds. The number of hydrogen-bond donors (Lipinski definition) is 2. The monoisotopic (exact) mass is 353 g/mol. The van der Waals surface area contributed by atoms with Crippen LogP contribution in [-0.4, -0.2) is 27.1 Å². The van der Waals surface area contributed by atoms with Crippen LogP contribution in [0.4, 0.5) is 5.69 Å². The van der Waals surface area contributed by atoms with Crippen LogP contribution >= 0.6 is 15.9 Å². The number of para-hydroxylation sites is 1. The highest BCUT2D eigenvalue weighted by Crippen LogP contribution is 2.26. The van der Waals surface area contributed by atoms with E-state index in [-0.39, 0.29) is 23.6 Å². The van der Waals surface area contributed by atoms with E-state index in [9.17, 15) is 9.59 Å². The van der Waals surface area contributed by atoms with Gasteiger partial charge in [-0.1, -0.05) is 11.2 Å². The first-order chi connectivity index (χ1) is 9.97. The quantitative estimate of drug-likeness (QED) is 0.854. The summed E-state index contributed by atoms with van der Waals surface area (Å²) < 4.78 is 5.41. The van der Waals surface area contributed by atoms with E-state index in [2.05, 4.69) is 31.4 Å². The minimum absolute atomic E-state index is 0.0198. The molecule has 0 bridgehead atoms. The first-order valence-corrected chi connectivity index (χ1v) is 6.87. The molecule has 1 heterocycles. The number of carbonyl (C=O) groups is 2. The van der Waals surface area contributed by atoms with Crippen LogP contribution < -0.4 is 5.32 Å². The summed E-state index contributed by atoms with van der Waals surface area (Å²) in [6.07, 6.45) is 0.404. The molecule has 1 aromatic heterocycles. The molecular weight excluding hydrogens is 342 g/mol. The predicted octanol–water partition coefficient (Wildman–Crippen LogP) is 2.41. The number of rotatable bonds is 5. The first kappa shape index (κ1) is 15.2. The van der Waals surface area contributed by atoms with Gasteiger partial charge in [0.15, 0.2) is 5.82 Å². The summed E-state index contributed by atoms with van der Waals surface area (Å²) in [7, 11) is 0. The number of carbonyl (C=O) groups excluding carboxylic acids is 1. The van der Waals surface area contributed by atoms with Crippen LogP contribution in [-0.2, 0) is 11.2 Å². The topological polar surface area (TPSA) is 105 Å². The van der Waals surface area contributed by atoms with Gasteiger partial charge >= 0.3 is 5.97 Å². The molecule has 0 aliphatic carbocycles. The van der Waals surface area contributed by atoms with E-state index in [0.29, 0.717) is 22.6 Å². The molecule has 0 saturated heterocycles. The Balaban J connectivity index is 2.04. The number of carboxylic acids is 1. The molecule has 0 aliphatic heterocycles. The number of anilines is 1. The standard InChI is InChI=1S/C13H12BrN3O4/c1-7-15-11(21-17-7)6-5-10(18)16-12-8(13(19)20)3-2-4-9(12)14/h2-4H,5-6H2,1H3,(H,16,18)(H,19,20). The van der Waals surface area contributed by atoms with Gasteiger partial charge in [0, 0.05) is 17.3 Å². The van der Waals surface area contributed by atoms with Crippen LogP contribution in [0.2, 0.25) is 0 Å². The highest BCUT2D eigenvalue weighted by molar-refractivity contribution is 9.10. The van der Waals surface area contributed by atoms with Gasteiger partial charge in [0.1, 0.15) is 0 Å². The second-order valence-corrected chi connectivity index (χ2v) is 5.11. The number of hydrogen-bond acceptors (Lipinski definition) is 5. The normalized spacial score (nSPS) is 10.4. The summed E-state index contributed by atoms with van der Waals surface area (Å²) in [6.45, 7) is 1.69. The van der Waals surface area contributed by atoms with Gasteiger partial charge in [-0.05, 0) is 35.0 Å². The molecule has 0 atom stereocenters. The van der Waals surface area contributed by atoms with E-state index in [1.54, 1.807) is 19.1 Å². The number of amides is 1. The zero-order chi connectivity index (χ0) is 15.4. The molecule has 0 aliphatic rings. The third-order valence-electron chi connectivity index (χ3n) is 2.64. The van der Waals surface area contributed by atoms with Crippen LogP contribution in [0, 0.1) is 6.92 Å². The number of aryl methyl sites for hydroxylation is 2. The van der Waals surface area contributed by atoms with Crippen molar-refractivity contribution in [3.8, 4) is 0 Å². The maximum absolute atomic E-state index is 11.9. The molecule has 2 aromatic rings. The van der Waals surface area contributed by atoms with Crippen LogP contribution in [0.1, 0.15) is 28.5 Å². The van der Waals surface area contributed by atoms with Crippen molar-refractivity contribution in [3.05, 3.63) is 40.0 Å². The van der Waals surface area contributed by atoms with E-state index >= 15 is 0 Å². The zero-order valence-corrected chi connectivity index (χ0v) is 12.7. The van der Waals surface area contributed by atoms with Crippen LogP contribution in [0.15, 0.2) is 27.2 Å². The smallest absolute Gasteiger partial charge is 0.337 e. The Morgan fingerprint density at radius 2 is 2.19 bits per heavy atom. The Kier molecular flexibility index (Phi) is 4.69. The summed E-state index contributed by atoms with van der Waals surface area (Å²) in [5, 5.41) is 15.3. The molecule has 1 aromatic carbocycles. The van der Waals surface area contributed by atoms with Gasteiger partial charge in [-0.25, -0.2) is 4.79 Å². The number of nitrogens with zero attached hydrogens (tertiary/aromatic N) is 2. The predicted molar refractivity (Wildman–Crippen MR) is 77.1 cm³/mol. The van der Waals surface area contributed by atoms with Gasteiger partial charge in [0.2, 0.25) is 11.8 Å². The van der Waals surface area contributed by atoms with Gasteiger partial charge < -0.3 is 14.9 Å². The third-order valence-corrected chi connectivity index (χ3v) is 3.30. The fourth-order valence-corrected chi connectivity index (χ4v) is 2.16. The zero-order valence-electron chi connectivity index (χ0n) is 11.1. The molecule has 8 heteroatoms.